The molecule has 0 atom stereocenters. The van der Waals surface area contributed by atoms with Crippen LogP contribution in [0, 0.1) is 0 Å². The van der Waals surface area contributed by atoms with Crippen molar-refractivity contribution in [2.24, 2.45) is 5.73 Å². The molecule has 15 heavy (non-hydrogen) atoms. The number of rotatable bonds is 7. The second-order valence-corrected chi connectivity index (χ2v) is 4.89. The van der Waals surface area contributed by atoms with Crippen LogP contribution in [0.5, 0.6) is 0 Å². The summed E-state index contributed by atoms with van der Waals surface area (Å²) >= 11 is 0. The van der Waals surface area contributed by atoms with E-state index in [0.29, 0.717) is 25.2 Å². The van der Waals surface area contributed by atoms with Gasteiger partial charge in [-0.2, -0.15) is 5.21 Å². The summed E-state index contributed by atoms with van der Waals surface area (Å²) < 4.78 is 25.1. The first-order valence-corrected chi connectivity index (χ1v) is 6.19. The summed E-state index contributed by atoms with van der Waals surface area (Å²) in [4.78, 5) is 0. The first-order chi connectivity index (χ1) is 7.14. The Hall–Kier alpha value is -1.06. The SMILES string of the molecule is NCCCCS(=O)(=O)NCc1nn[nH]n1. The predicted octanol–water partition coefficient (Wildman–Crippen LogP) is -1.64. The molecule has 0 radical (unpaired) electrons. The standard InChI is InChI=1S/C6H14N6O2S/c7-3-1-2-4-15(13,14)8-5-6-9-11-12-10-6/h8H,1-5,7H2,(H,9,10,11,12). The fraction of sp³-hybridized carbons (Fsp3) is 0.833. The number of unbranched alkanes of at least 4 members (excludes halogenated alkanes) is 1. The average Bonchev–Trinajstić information content (AvgIpc) is 2.68. The van der Waals surface area contributed by atoms with Crippen LogP contribution in [0.25, 0.3) is 0 Å². The van der Waals surface area contributed by atoms with E-state index in [1.807, 2.05) is 0 Å². The third kappa shape index (κ3) is 4.81. The first kappa shape index (κ1) is 12.0. The molecule has 0 saturated carbocycles. The molecule has 8 nitrogen and oxygen atoms in total. The van der Waals surface area contributed by atoms with Gasteiger partial charge in [0.15, 0.2) is 5.82 Å². The Morgan fingerprint density at radius 2 is 2.20 bits per heavy atom. The molecule has 0 aromatic carbocycles. The Labute approximate surface area is 87.7 Å². The summed E-state index contributed by atoms with van der Waals surface area (Å²) in [5.74, 6) is 0.389. The number of hydrogen-bond acceptors (Lipinski definition) is 6. The number of tetrazole rings is 1. The molecule has 0 aliphatic rings. The van der Waals surface area contributed by atoms with Gasteiger partial charge in [0.1, 0.15) is 0 Å². The minimum Gasteiger partial charge on any atom is -0.330 e. The number of aromatic nitrogens is 4. The molecule has 0 aliphatic heterocycles. The minimum absolute atomic E-state index is 0.0570. The lowest BCUT2D eigenvalue weighted by Crippen LogP contribution is -2.26. The van der Waals surface area contributed by atoms with Crippen LogP contribution in [0.15, 0.2) is 0 Å². The molecular weight excluding hydrogens is 220 g/mol. The third-order valence-electron chi connectivity index (χ3n) is 1.71. The molecule has 1 heterocycles. The summed E-state index contributed by atoms with van der Waals surface area (Å²) in [6.45, 7) is 0.557. The van der Waals surface area contributed by atoms with Crippen molar-refractivity contribution in [3.05, 3.63) is 5.82 Å². The number of sulfonamides is 1. The van der Waals surface area contributed by atoms with Crippen molar-refractivity contribution in [2.45, 2.75) is 19.4 Å². The highest BCUT2D eigenvalue weighted by Crippen LogP contribution is 1.94. The van der Waals surface area contributed by atoms with Gasteiger partial charge in [-0.05, 0) is 19.4 Å². The average molecular weight is 234 g/mol. The van der Waals surface area contributed by atoms with Gasteiger partial charge >= 0.3 is 0 Å². The topological polar surface area (TPSA) is 127 Å². The quantitative estimate of drug-likeness (QED) is 0.485. The van der Waals surface area contributed by atoms with Gasteiger partial charge in [-0.1, -0.05) is 5.21 Å². The van der Waals surface area contributed by atoms with E-state index in [-0.39, 0.29) is 12.3 Å². The number of nitrogens with two attached hydrogens (primary N) is 1. The number of nitrogens with one attached hydrogen (secondary N) is 2. The molecule has 0 amide bonds. The molecule has 0 fully saturated rings. The molecule has 1 rings (SSSR count). The van der Waals surface area contributed by atoms with E-state index < -0.39 is 10.0 Å². The Morgan fingerprint density at radius 3 is 2.80 bits per heavy atom. The van der Waals surface area contributed by atoms with Crippen molar-refractivity contribution in [2.75, 3.05) is 12.3 Å². The maximum absolute atomic E-state index is 11.4. The Bertz CT molecular complexity index is 361. The van der Waals surface area contributed by atoms with Gasteiger partial charge in [0.05, 0.1) is 12.3 Å². The number of hydrogen-bond donors (Lipinski definition) is 3. The number of nitrogens with zero attached hydrogens (tertiary/aromatic N) is 3. The second-order valence-electron chi connectivity index (χ2n) is 2.96. The van der Waals surface area contributed by atoms with Crippen LogP contribution in [0.4, 0.5) is 0 Å². The fourth-order valence-corrected chi connectivity index (χ4v) is 2.02. The Morgan fingerprint density at radius 1 is 1.40 bits per heavy atom. The van der Waals surface area contributed by atoms with Crippen LogP contribution in [0.2, 0.25) is 0 Å². The van der Waals surface area contributed by atoms with E-state index in [4.69, 9.17) is 5.73 Å². The third-order valence-corrected chi connectivity index (χ3v) is 3.12. The van der Waals surface area contributed by atoms with Gasteiger partial charge in [0.2, 0.25) is 10.0 Å². The van der Waals surface area contributed by atoms with Crippen LogP contribution in [0.3, 0.4) is 0 Å². The lowest BCUT2D eigenvalue weighted by atomic mass is 10.3. The highest BCUT2D eigenvalue weighted by atomic mass is 32.2. The largest absolute Gasteiger partial charge is 0.330 e. The number of H-pyrrole nitrogens is 1. The normalized spacial score (nSPS) is 11.8. The van der Waals surface area contributed by atoms with E-state index >= 15 is 0 Å². The zero-order chi connectivity index (χ0) is 11.1. The first-order valence-electron chi connectivity index (χ1n) is 4.54. The summed E-state index contributed by atoms with van der Waals surface area (Å²) in [5.41, 5.74) is 5.26. The molecule has 86 valence electrons. The van der Waals surface area contributed by atoms with E-state index in [2.05, 4.69) is 25.3 Å². The molecule has 1 aromatic rings. The smallest absolute Gasteiger partial charge is 0.212 e. The van der Waals surface area contributed by atoms with Gasteiger partial charge in [-0.3, -0.25) is 0 Å². The van der Waals surface area contributed by atoms with E-state index in [0.717, 1.165) is 0 Å². The van der Waals surface area contributed by atoms with Gasteiger partial charge < -0.3 is 5.73 Å². The van der Waals surface area contributed by atoms with E-state index in [9.17, 15) is 8.42 Å². The van der Waals surface area contributed by atoms with Crippen molar-refractivity contribution < 1.29 is 8.42 Å². The summed E-state index contributed by atoms with van der Waals surface area (Å²) in [6, 6.07) is 0. The zero-order valence-corrected chi connectivity index (χ0v) is 9.00. The monoisotopic (exact) mass is 234 g/mol. The lowest BCUT2D eigenvalue weighted by molar-refractivity contribution is 0.575. The van der Waals surface area contributed by atoms with Crippen molar-refractivity contribution in [1.82, 2.24) is 25.3 Å². The van der Waals surface area contributed by atoms with Crippen molar-refractivity contribution in [3.63, 3.8) is 0 Å². The highest BCUT2D eigenvalue weighted by Gasteiger charge is 2.10. The van der Waals surface area contributed by atoms with Gasteiger partial charge in [-0.25, -0.2) is 13.1 Å². The summed E-state index contributed by atoms with van der Waals surface area (Å²) in [7, 11) is -3.26. The predicted molar refractivity (Wildman–Crippen MR) is 53.1 cm³/mol. The van der Waals surface area contributed by atoms with Crippen LogP contribution >= 0.6 is 0 Å². The van der Waals surface area contributed by atoms with Crippen LogP contribution in [-0.4, -0.2) is 41.3 Å². The second kappa shape index (κ2) is 5.73. The molecule has 4 N–H and O–H groups in total. The van der Waals surface area contributed by atoms with E-state index in [1.54, 1.807) is 0 Å². The lowest BCUT2D eigenvalue weighted by Gasteiger charge is -2.03. The Kier molecular flexibility index (Phi) is 4.59. The van der Waals surface area contributed by atoms with Crippen LogP contribution in [-0.2, 0) is 16.6 Å². The molecule has 0 bridgehead atoms. The van der Waals surface area contributed by atoms with Crippen molar-refractivity contribution in [1.29, 1.82) is 0 Å². The van der Waals surface area contributed by atoms with Crippen molar-refractivity contribution >= 4 is 10.0 Å². The van der Waals surface area contributed by atoms with Crippen molar-refractivity contribution in [3.8, 4) is 0 Å². The van der Waals surface area contributed by atoms with E-state index in [1.165, 1.54) is 0 Å². The molecular formula is C6H14N6O2S. The number of aromatic amines is 1. The fourth-order valence-electron chi connectivity index (χ4n) is 0.940. The van der Waals surface area contributed by atoms with Crippen LogP contribution < -0.4 is 10.5 Å². The summed E-state index contributed by atoms with van der Waals surface area (Å²) in [6.07, 6.45) is 1.25. The molecule has 9 heteroatoms. The maximum Gasteiger partial charge on any atom is 0.212 e. The van der Waals surface area contributed by atoms with Crippen LogP contribution in [0.1, 0.15) is 18.7 Å². The maximum atomic E-state index is 11.4. The zero-order valence-electron chi connectivity index (χ0n) is 8.18. The summed E-state index contributed by atoms with van der Waals surface area (Å²) in [5, 5.41) is 12.8. The molecule has 0 spiro atoms. The molecule has 1 aromatic heterocycles. The van der Waals surface area contributed by atoms with Gasteiger partial charge in [0.25, 0.3) is 0 Å². The Balaban J connectivity index is 2.30. The van der Waals surface area contributed by atoms with Gasteiger partial charge in [-0.15, -0.1) is 10.2 Å². The molecule has 0 saturated heterocycles. The highest BCUT2D eigenvalue weighted by molar-refractivity contribution is 7.89. The van der Waals surface area contributed by atoms with Gasteiger partial charge in [0, 0.05) is 0 Å². The molecule has 0 aliphatic carbocycles. The molecule has 0 unspecified atom stereocenters. The minimum atomic E-state index is -3.26.